The molecule has 1 N–H and O–H groups in total. The lowest BCUT2D eigenvalue weighted by molar-refractivity contribution is 0.445. The van der Waals surface area contributed by atoms with Gasteiger partial charge >= 0.3 is 0 Å². The van der Waals surface area contributed by atoms with Crippen molar-refractivity contribution >= 4 is 17.4 Å². The van der Waals surface area contributed by atoms with Gasteiger partial charge in [0, 0.05) is 10.9 Å². The van der Waals surface area contributed by atoms with E-state index in [0.29, 0.717) is 6.04 Å². The molecule has 0 spiro atoms. The van der Waals surface area contributed by atoms with E-state index in [1.165, 1.54) is 29.7 Å². The number of nitrogens with zero attached hydrogens (tertiary/aromatic N) is 1. The van der Waals surface area contributed by atoms with E-state index in [-0.39, 0.29) is 0 Å². The van der Waals surface area contributed by atoms with Crippen LogP contribution in [0.1, 0.15) is 29.8 Å². The van der Waals surface area contributed by atoms with Gasteiger partial charge < -0.3 is 5.32 Å². The largest absolute Gasteiger partial charge is 0.310 e. The van der Waals surface area contributed by atoms with Crippen molar-refractivity contribution in [1.29, 1.82) is 0 Å². The number of rotatable bonds is 3. The van der Waals surface area contributed by atoms with Crippen LogP contribution in [0.15, 0.2) is 23.7 Å². The van der Waals surface area contributed by atoms with Crippen molar-refractivity contribution in [3.63, 3.8) is 0 Å². The Morgan fingerprint density at radius 2 is 2.50 bits per heavy atom. The highest BCUT2D eigenvalue weighted by Gasteiger charge is 2.13. The molecule has 0 amide bonds. The third-order valence-corrected chi connectivity index (χ3v) is 3.89. The summed E-state index contributed by atoms with van der Waals surface area (Å²) in [4.78, 5) is 5.46. The molecule has 2 heterocycles. The minimum atomic E-state index is 0.471. The molecule has 1 aromatic heterocycles. The Kier molecular flexibility index (Phi) is 3.91. The Morgan fingerprint density at radius 1 is 1.62 bits per heavy atom. The molecule has 3 heteroatoms. The molecule has 0 aliphatic carbocycles. The van der Waals surface area contributed by atoms with E-state index in [1.807, 2.05) is 12.4 Å². The van der Waals surface area contributed by atoms with Crippen LogP contribution in [0.2, 0.25) is 0 Å². The maximum Gasteiger partial charge on any atom is 0.0801 e. The van der Waals surface area contributed by atoms with E-state index < -0.39 is 0 Å². The van der Waals surface area contributed by atoms with Crippen LogP contribution in [-0.2, 0) is 0 Å². The molecule has 1 aliphatic rings. The van der Waals surface area contributed by atoms with Crippen LogP contribution in [0.25, 0.3) is 6.08 Å². The zero-order valence-electron chi connectivity index (χ0n) is 9.70. The number of hydrogen-bond donors (Lipinski definition) is 1. The number of aromatic nitrogens is 1. The summed E-state index contributed by atoms with van der Waals surface area (Å²) in [5.74, 6) is 0. The fraction of sp³-hybridized carbons (Fsp3) is 0.462. The number of hydrogen-bond acceptors (Lipinski definition) is 3. The van der Waals surface area contributed by atoms with Gasteiger partial charge in [0.25, 0.3) is 0 Å². The van der Waals surface area contributed by atoms with Gasteiger partial charge in [-0.2, -0.15) is 0 Å². The molecule has 0 saturated carbocycles. The molecule has 0 radical (unpaired) electrons. The fourth-order valence-corrected chi connectivity index (χ4v) is 2.63. The van der Waals surface area contributed by atoms with Gasteiger partial charge in [0.1, 0.15) is 0 Å². The zero-order chi connectivity index (χ0) is 11.4. The third kappa shape index (κ3) is 2.80. The molecule has 2 rings (SSSR count). The van der Waals surface area contributed by atoms with Crippen molar-refractivity contribution in [2.75, 3.05) is 6.54 Å². The lowest BCUT2D eigenvalue weighted by atomic mass is 9.98. The van der Waals surface area contributed by atoms with Gasteiger partial charge in [-0.3, -0.25) is 0 Å². The summed E-state index contributed by atoms with van der Waals surface area (Å²) in [5.41, 5.74) is 4.18. The predicted octanol–water partition coefficient (Wildman–Crippen LogP) is 3.16. The summed E-state index contributed by atoms with van der Waals surface area (Å²) in [6.45, 7) is 7.30. The summed E-state index contributed by atoms with van der Waals surface area (Å²) in [6, 6.07) is 0.471. The van der Waals surface area contributed by atoms with E-state index in [1.54, 1.807) is 11.3 Å². The predicted molar refractivity (Wildman–Crippen MR) is 70.7 cm³/mol. The fourth-order valence-electron chi connectivity index (χ4n) is 1.94. The molecular weight excluding hydrogens is 216 g/mol. The first kappa shape index (κ1) is 11.6. The minimum Gasteiger partial charge on any atom is -0.310 e. The number of aryl methyl sites for hydroxylation is 1. The zero-order valence-corrected chi connectivity index (χ0v) is 10.5. The molecule has 0 aromatic carbocycles. The Hall–Kier alpha value is -0.930. The van der Waals surface area contributed by atoms with E-state index in [4.69, 9.17) is 0 Å². The topological polar surface area (TPSA) is 24.9 Å². The van der Waals surface area contributed by atoms with Gasteiger partial charge in [0.2, 0.25) is 0 Å². The maximum absolute atomic E-state index is 4.23. The Morgan fingerprint density at radius 3 is 3.12 bits per heavy atom. The van der Waals surface area contributed by atoms with Crippen molar-refractivity contribution in [3.8, 4) is 0 Å². The highest BCUT2D eigenvalue weighted by Crippen LogP contribution is 2.18. The van der Waals surface area contributed by atoms with Crippen molar-refractivity contribution in [1.82, 2.24) is 10.3 Å². The number of piperidine rings is 1. The van der Waals surface area contributed by atoms with Gasteiger partial charge in [-0.1, -0.05) is 19.1 Å². The maximum atomic E-state index is 4.23. The standard InChI is InChI=1S/C13H18N2S/c1-10(12-5-3-4-8-14-12)6-7-13-11(2)15-9-16-13/h6-7,9,12,14H,1,3-5,8H2,2H3/b7-6-/t12-/m0/s1. The van der Waals surface area contributed by atoms with Gasteiger partial charge in [-0.15, -0.1) is 11.3 Å². The molecule has 1 aromatic rings. The van der Waals surface area contributed by atoms with E-state index in [2.05, 4.69) is 29.0 Å². The molecule has 1 atom stereocenters. The van der Waals surface area contributed by atoms with Gasteiger partial charge in [-0.25, -0.2) is 4.98 Å². The molecule has 1 saturated heterocycles. The van der Waals surface area contributed by atoms with Crippen molar-refractivity contribution in [2.24, 2.45) is 0 Å². The molecule has 16 heavy (non-hydrogen) atoms. The average Bonchev–Trinajstić information content (AvgIpc) is 2.73. The van der Waals surface area contributed by atoms with Crippen molar-refractivity contribution < 1.29 is 0 Å². The Bertz CT molecular complexity index is 386. The van der Waals surface area contributed by atoms with E-state index >= 15 is 0 Å². The molecule has 0 bridgehead atoms. The number of thiazole rings is 1. The van der Waals surface area contributed by atoms with Gasteiger partial charge in [0.15, 0.2) is 0 Å². The Labute approximate surface area is 101 Å². The third-order valence-electron chi connectivity index (χ3n) is 2.99. The quantitative estimate of drug-likeness (QED) is 0.813. The molecule has 0 unspecified atom stereocenters. The average molecular weight is 234 g/mol. The lowest BCUT2D eigenvalue weighted by Crippen LogP contribution is -2.34. The summed E-state index contributed by atoms with van der Waals surface area (Å²) < 4.78 is 0. The van der Waals surface area contributed by atoms with Gasteiger partial charge in [0.05, 0.1) is 11.2 Å². The highest BCUT2D eigenvalue weighted by atomic mass is 32.1. The molecular formula is C13H18N2S. The van der Waals surface area contributed by atoms with Gasteiger partial charge in [-0.05, 0) is 38.0 Å². The van der Waals surface area contributed by atoms with Crippen LogP contribution in [-0.4, -0.2) is 17.6 Å². The SMILES string of the molecule is C=C(/C=C\c1scnc1C)[C@@H]1CCCCN1. The Balaban J connectivity index is 1.96. The number of nitrogens with one attached hydrogen (secondary N) is 1. The van der Waals surface area contributed by atoms with Crippen LogP contribution in [0, 0.1) is 6.92 Å². The van der Waals surface area contributed by atoms with Crippen LogP contribution < -0.4 is 5.32 Å². The molecule has 86 valence electrons. The lowest BCUT2D eigenvalue weighted by Gasteiger charge is -2.23. The molecule has 1 fully saturated rings. The minimum absolute atomic E-state index is 0.471. The second-order valence-corrected chi connectivity index (χ2v) is 5.10. The second kappa shape index (κ2) is 5.41. The summed E-state index contributed by atoms with van der Waals surface area (Å²) >= 11 is 1.68. The van der Waals surface area contributed by atoms with Crippen LogP contribution >= 0.6 is 11.3 Å². The van der Waals surface area contributed by atoms with Crippen LogP contribution in [0.3, 0.4) is 0 Å². The highest BCUT2D eigenvalue weighted by molar-refractivity contribution is 7.10. The summed E-state index contributed by atoms with van der Waals surface area (Å²) in [7, 11) is 0. The summed E-state index contributed by atoms with van der Waals surface area (Å²) in [5, 5.41) is 3.50. The smallest absolute Gasteiger partial charge is 0.0801 e. The van der Waals surface area contributed by atoms with Crippen LogP contribution in [0.5, 0.6) is 0 Å². The van der Waals surface area contributed by atoms with Crippen molar-refractivity contribution in [2.45, 2.75) is 32.2 Å². The first-order valence-corrected chi connectivity index (χ1v) is 6.65. The van der Waals surface area contributed by atoms with Crippen LogP contribution in [0.4, 0.5) is 0 Å². The first-order valence-electron chi connectivity index (χ1n) is 5.78. The summed E-state index contributed by atoms with van der Waals surface area (Å²) in [6.07, 6.45) is 8.07. The van der Waals surface area contributed by atoms with E-state index in [9.17, 15) is 0 Å². The monoisotopic (exact) mass is 234 g/mol. The molecule has 2 nitrogen and oxygen atoms in total. The van der Waals surface area contributed by atoms with Crippen molar-refractivity contribution in [3.05, 3.63) is 34.3 Å². The van der Waals surface area contributed by atoms with E-state index in [0.717, 1.165) is 12.2 Å². The second-order valence-electron chi connectivity index (χ2n) is 4.21. The first-order chi connectivity index (χ1) is 7.77. The molecule has 1 aliphatic heterocycles. The normalized spacial score (nSPS) is 21.4.